The fourth-order valence-electron chi connectivity index (χ4n) is 2.20. The van der Waals surface area contributed by atoms with Gasteiger partial charge >= 0.3 is 0 Å². The third-order valence-electron chi connectivity index (χ3n) is 3.44. The van der Waals surface area contributed by atoms with Crippen LogP contribution in [0.25, 0.3) is 0 Å². The second-order valence-electron chi connectivity index (χ2n) is 5.21. The molecule has 0 heterocycles. The number of nitro benzene ring substituents is 1. The standard InChI is InChI=1S/C17H18N2O4S/c1-24-11-12-3-2-4-14(9-12)17(21)18-10-16(20)13-5-7-15(8-6-13)19(22)23/h2-9,16,20H,10-11H2,1H3,(H,18,21). The molecule has 1 atom stereocenters. The predicted octanol–water partition coefficient (Wildman–Crippen LogP) is 2.92. The lowest BCUT2D eigenvalue weighted by Crippen LogP contribution is -2.28. The molecule has 2 aromatic carbocycles. The fraction of sp³-hybridized carbons (Fsp3) is 0.235. The van der Waals surface area contributed by atoms with Crippen molar-refractivity contribution in [2.45, 2.75) is 11.9 Å². The maximum Gasteiger partial charge on any atom is 0.269 e. The Bertz CT molecular complexity index is 719. The molecular formula is C17H18N2O4S. The Morgan fingerprint density at radius 2 is 2.00 bits per heavy atom. The van der Waals surface area contributed by atoms with Crippen molar-refractivity contribution in [1.29, 1.82) is 0 Å². The van der Waals surface area contributed by atoms with Crippen molar-refractivity contribution in [1.82, 2.24) is 5.32 Å². The number of hydrogen-bond donors (Lipinski definition) is 2. The van der Waals surface area contributed by atoms with Gasteiger partial charge in [0.1, 0.15) is 0 Å². The second-order valence-corrected chi connectivity index (χ2v) is 6.07. The SMILES string of the molecule is CSCc1cccc(C(=O)NCC(O)c2ccc([N+](=O)[O-])cc2)c1. The molecule has 0 saturated heterocycles. The summed E-state index contributed by atoms with van der Waals surface area (Å²) in [7, 11) is 0. The summed E-state index contributed by atoms with van der Waals surface area (Å²) in [4.78, 5) is 22.3. The van der Waals surface area contributed by atoms with Gasteiger partial charge in [0.05, 0.1) is 11.0 Å². The fourth-order valence-corrected chi connectivity index (χ4v) is 2.71. The summed E-state index contributed by atoms with van der Waals surface area (Å²) >= 11 is 1.67. The molecule has 0 spiro atoms. The van der Waals surface area contributed by atoms with Gasteiger partial charge in [-0.2, -0.15) is 11.8 Å². The Morgan fingerprint density at radius 3 is 2.62 bits per heavy atom. The number of aliphatic hydroxyl groups is 1. The predicted molar refractivity (Wildman–Crippen MR) is 94.1 cm³/mol. The van der Waals surface area contributed by atoms with E-state index in [0.29, 0.717) is 11.1 Å². The van der Waals surface area contributed by atoms with Crippen LogP contribution in [0.5, 0.6) is 0 Å². The van der Waals surface area contributed by atoms with Crippen LogP contribution in [0.15, 0.2) is 48.5 Å². The first-order valence-corrected chi connectivity index (χ1v) is 8.69. The maximum absolute atomic E-state index is 12.2. The molecule has 126 valence electrons. The lowest BCUT2D eigenvalue weighted by atomic mass is 10.1. The molecule has 2 N–H and O–H groups in total. The average molecular weight is 346 g/mol. The van der Waals surface area contributed by atoms with Crippen LogP contribution < -0.4 is 5.32 Å². The minimum Gasteiger partial charge on any atom is -0.387 e. The zero-order valence-corrected chi connectivity index (χ0v) is 14.0. The Labute approximate surface area is 144 Å². The Balaban J connectivity index is 1.95. The summed E-state index contributed by atoms with van der Waals surface area (Å²) in [5.74, 6) is 0.561. The van der Waals surface area contributed by atoms with Gasteiger partial charge in [-0.1, -0.05) is 12.1 Å². The minimum absolute atomic E-state index is 0.0312. The average Bonchev–Trinajstić information content (AvgIpc) is 2.60. The van der Waals surface area contributed by atoms with E-state index >= 15 is 0 Å². The summed E-state index contributed by atoms with van der Waals surface area (Å²) in [5.41, 5.74) is 2.07. The molecular weight excluding hydrogens is 328 g/mol. The van der Waals surface area contributed by atoms with Gasteiger partial charge in [-0.15, -0.1) is 0 Å². The van der Waals surface area contributed by atoms with Crippen molar-refractivity contribution < 1.29 is 14.8 Å². The zero-order valence-electron chi connectivity index (χ0n) is 13.1. The summed E-state index contributed by atoms with van der Waals surface area (Å²) in [6.07, 6.45) is 1.07. The number of carbonyl (C=O) groups excluding carboxylic acids is 1. The molecule has 2 aromatic rings. The molecule has 7 heteroatoms. The van der Waals surface area contributed by atoms with E-state index in [2.05, 4.69) is 5.32 Å². The number of nitro groups is 1. The van der Waals surface area contributed by atoms with Crippen molar-refractivity contribution in [3.05, 3.63) is 75.3 Å². The van der Waals surface area contributed by atoms with Crippen molar-refractivity contribution in [3.8, 4) is 0 Å². The number of benzene rings is 2. The topological polar surface area (TPSA) is 92.5 Å². The number of carbonyl (C=O) groups is 1. The lowest BCUT2D eigenvalue weighted by molar-refractivity contribution is -0.384. The van der Waals surface area contributed by atoms with E-state index < -0.39 is 11.0 Å². The van der Waals surface area contributed by atoms with Crippen LogP contribution in [0.2, 0.25) is 0 Å². The molecule has 0 aromatic heterocycles. The maximum atomic E-state index is 12.2. The van der Waals surface area contributed by atoms with Gasteiger partial charge in [0.25, 0.3) is 11.6 Å². The molecule has 0 aliphatic carbocycles. The van der Waals surface area contributed by atoms with Gasteiger partial charge in [-0.3, -0.25) is 14.9 Å². The van der Waals surface area contributed by atoms with Crippen LogP contribution in [0.3, 0.4) is 0 Å². The largest absolute Gasteiger partial charge is 0.387 e. The Kier molecular flexibility index (Phi) is 6.34. The van der Waals surface area contributed by atoms with Crippen molar-refractivity contribution >= 4 is 23.4 Å². The molecule has 1 amide bonds. The van der Waals surface area contributed by atoms with Crippen LogP contribution in [0, 0.1) is 10.1 Å². The first-order valence-electron chi connectivity index (χ1n) is 7.29. The normalized spacial score (nSPS) is 11.8. The van der Waals surface area contributed by atoms with Gasteiger partial charge < -0.3 is 10.4 Å². The van der Waals surface area contributed by atoms with Gasteiger partial charge in [0.15, 0.2) is 0 Å². The van der Waals surface area contributed by atoms with E-state index in [1.807, 2.05) is 24.5 Å². The van der Waals surface area contributed by atoms with E-state index in [9.17, 15) is 20.0 Å². The van der Waals surface area contributed by atoms with Crippen LogP contribution in [0.1, 0.15) is 27.6 Å². The number of nitrogens with one attached hydrogen (secondary N) is 1. The molecule has 0 aliphatic heterocycles. The monoisotopic (exact) mass is 346 g/mol. The number of non-ortho nitro benzene ring substituents is 1. The third kappa shape index (κ3) is 4.81. The number of nitrogens with zero attached hydrogens (tertiary/aromatic N) is 1. The van der Waals surface area contributed by atoms with Crippen molar-refractivity contribution in [3.63, 3.8) is 0 Å². The second kappa shape index (κ2) is 8.47. The van der Waals surface area contributed by atoms with Crippen molar-refractivity contribution in [2.24, 2.45) is 0 Å². The van der Waals surface area contributed by atoms with Gasteiger partial charge in [-0.25, -0.2) is 0 Å². The van der Waals surface area contributed by atoms with E-state index in [1.165, 1.54) is 24.3 Å². The number of aliphatic hydroxyl groups excluding tert-OH is 1. The highest BCUT2D eigenvalue weighted by Crippen LogP contribution is 2.17. The molecule has 24 heavy (non-hydrogen) atoms. The molecule has 0 fully saturated rings. The molecule has 0 radical (unpaired) electrons. The van der Waals surface area contributed by atoms with Crippen molar-refractivity contribution in [2.75, 3.05) is 12.8 Å². The number of thioether (sulfide) groups is 1. The summed E-state index contributed by atoms with van der Waals surface area (Å²) < 4.78 is 0. The summed E-state index contributed by atoms with van der Waals surface area (Å²) in [6.45, 7) is 0.0312. The summed E-state index contributed by atoms with van der Waals surface area (Å²) in [5, 5.41) is 23.4. The van der Waals surface area contributed by atoms with Gasteiger partial charge in [0, 0.05) is 30.0 Å². The Hall–Kier alpha value is -2.38. The van der Waals surface area contributed by atoms with E-state index in [1.54, 1.807) is 17.8 Å². The van der Waals surface area contributed by atoms with Gasteiger partial charge in [0.2, 0.25) is 0 Å². The molecule has 2 rings (SSSR count). The Morgan fingerprint density at radius 1 is 1.29 bits per heavy atom. The highest BCUT2D eigenvalue weighted by atomic mass is 32.2. The lowest BCUT2D eigenvalue weighted by Gasteiger charge is -2.12. The van der Waals surface area contributed by atoms with E-state index in [-0.39, 0.29) is 18.1 Å². The van der Waals surface area contributed by atoms with Crippen LogP contribution in [-0.4, -0.2) is 28.7 Å². The van der Waals surface area contributed by atoms with E-state index in [0.717, 1.165) is 11.3 Å². The van der Waals surface area contributed by atoms with Gasteiger partial charge in [-0.05, 0) is 41.6 Å². The van der Waals surface area contributed by atoms with Crippen LogP contribution >= 0.6 is 11.8 Å². The van der Waals surface area contributed by atoms with Crippen LogP contribution in [0.4, 0.5) is 5.69 Å². The first-order chi connectivity index (χ1) is 11.5. The highest BCUT2D eigenvalue weighted by Gasteiger charge is 2.13. The quantitative estimate of drug-likeness (QED) is 0.594. The number of rotatable bonds is 7. The first kappa shape index (κ1) is 18.0. The molecule has 0 bridgehead atoms. The number of hydrogen-bond acceptors (Lipinski definition) is 5. The molecule has 1 unspecified atom stereocenters. The molecule has 0 aliphatic rings. The minimum atomic E-state index is -0.927. The third-order valence-corrected chi connectivity index (χ3v) is 4.07. The smallest absolute Gasteiger partial charge is 0.269 e. The van der Waals surface area contributed by atoms with Crippen LogP contribution in [-0.2, 0) is 5.75 Å². The van der Waals surface area contributed by atoms with E-state index in [4.69, 9.17) is 0 Å². The highest BCUT2D eigenvalue weighted by molar-refractivity contribution is 7.97. The zero-order chi connectivity index (χ0) is 17.5. The number of amides is 1. The molecule has 6 nitrogen and oxygen atoms in total. The summed E-state index contributed by atoms with van der Waals surface area (Å²) in [6, 6.07) is 12.9. The molecule has 0 saturated carbocycles.